The van der Waals surface area contributed by atoms with Crippen molar-refractivity contribution in [1.82, 2.24) is 14.8 Å². The minimum absolute atomic E-state index is 0.0726. The predicted molar refractivity (Wildman–Crippen MR) is 105 cm³/mol. The van der Waals surface area contributed by atoms with E-state index in [1.54, 1.807) is 0 Å². The van der Waals surface area contributed by atoms with Crippen molar-refractivity contribution in [3.8, 4) is 11.4 Å². The fourth-order valence-corrected chi connectivity index (χ4v) is 3.32. The van der Waals surface area contributed by atoms with Crippen molar-refractivity contribution in [1.29, 1.82) is 0 Å². The molecule has 5 nitrogen and oxygen atoms in total. The number of thioether (sulfide) groups is 1. The van der Waals surface area contributed by atoms with Gasteiger partial charge in [0.15, 0.2) is 11.0 Å². The summed E-state index contributed by atoms with van der Waals surface area (Å²) < 4.78 is 2.88. The van der Waals surface area contributed by atoms with Gasteiger partial charge in [0.1, 0.15) is 0 Å². The summed E-state index contributed by atoms with van der Waals surface area (Å²) in [4.78, 5) is 12.4. The van der Waals surface area contributed by atoms with Gasteiger partial charge in [-0.15, -0.1) is 10.2 Å². The van der Waals surface area contributed by atoms with Crippen molar-refractivity contribution < 1.29 is 4.79 Å². The maximum atomic E-state index is 12.4. The van der Waals surface area contributed by atoms with Gasteiger partial charge in [-0.3, -0.25) is 4.79 Å². The number of amides is 1. The molecule has 25 heavy (non-hydrogen) atoms. The second kappa shape index (κ2) is 7.84. The number of aromatic nitrogens is 3. The quantitative estimate of drug-likeness (QED) is 0.627. The van der Waals surface area contributed by atoms with Crippen molar-refractivity contribution in [3.63, 3.8) is 0 Å². The largest absolute Gasteiger partial charge is 0.325 e. The van der Waals surface area contributed by atoms with E-state index in [1.807, 2.05) is 73.1 Å². The van der Waals surface area contributed by atoms with Gasteiger partial charge in [0.05, 0.1) is 5.25 Å². The predicted octanol–water partition coefficient (Wildman–Crippen LogP) is 4.36. The van der Waals surface area contributed by atoms with Crippen LogP contribution >= 0.6 is 27.7 Å². The van der Waals surface area contributed by atoms with Gasteiger partial charge in [0.2, 0.25) is 5.91 Å². The molecule has 0 saturated carbocycles. The van der Waals surface area contributed by atoms with Gasteiger partial charge in [0.25, 0.3) is 0 Å². The molecule has 0 aliphatic heterocycles. The zero-order valence-corrected chi connectivity index (χ0v) is 16.2. The second-order valence-electron chi connectivity index (χ2n) is 5.49. The monoisotopic (exact) mass is 416 g/mol. The molecule has 128 valence electrons. The van der Waals surface area contributed by atoms with Gasteiger partial charge >= 0.3 is 0 Å². The molecule has 0 spiro atoms. The zero-order chi connectivity index (χ0) is 17.8. The summed E-state index contributed by atoms with van der Waals surface area (Å²) in [6.07, 6.45) is 0. The zero-order valence-electron chi connectivity index (χ0n) is 13.8. The van der Waals surface area contributed by atoms with Crippen LogP contribution in [0.4, 0.5) is 5.69 Å². The van der Waals surface area contributed by atoms with E-state index in [9.17, 15) is 4.79 Å². The smallest absolute Gasteiger partial charge is 0.237 e. The molecule has 1 N–H and O–H groups in total. The summed E-state index contributed by atoms with van der Waals surface area (Å²) in [6.45, 7) is 1.86. The first-order chi connectivity index (χ1) is 12.0. The summed E-state index contributed by atoms with van der Waals surface area (Å²) in [5.41, 5.74) is 1.76. The topological polar surface area (TPSA) is 59.8 Å². The second-order valence-corrected chi connectivity index (χ2v) is 7.71. The molecule has 0 bridgehead atoms. The Bertz CT molecular complexity index is 865. The molecule has 0 radical (unpaired) electrons. The van der Waals surface area contributed by atoms with Crippen molar-refractivity contribution >= 4 is 39.3 Å². The van der Waals surface area contributed by atoms with Crippen LogP contribution in [0.5, 0.6) is 0 Å². The molecular formula is C18H17BrN4OS. The van der Waals surface area contributed by atoms with Crippen LogP contribution in [-0.2, 0) is 11.8 Å². The molecule has 3 aromatic rings. The van der Waals surface area contributed by atoms with Crippen LogP contribution in [0.3, 0.4) is 0 Å². The number of carbonyl (C=O) groups excluding carboxylic acids is 1. The molecule has 2 aromatic carbocycles. The highest BCUT2D eigenvalue weighted by Gasteiger charge is 2.19. The summed E-state index contributed by atoms with van der Waals surface area (Å²) in [7, 11) is 1.91. The van der Waals surface area contributed by atoms with E-state index in [1.165, 1.54) is 11.8 Å². The minimum Gasteiger partial charge on any atom is -0.325 e. The Hall–Kier alpha value is -2.12. The van der Waals surface area contributed by atoms with Gasteiger partial charge < -0.3 is 9.88 Å². The molecule has 1 aromatic heterocycles. The van der Waals surface area contributed by atoms with E-state index in [0.717, 1.165) is 21.5 Å². The molecule has 1 unspecified atom stereocenters. The third-order valence-electron chi connectivity index (χ3n) is 3.63. The number of hydrogen-bond acceptors (Lipinski definition) is 4. The van der Waals surface area contributed by atoms with Crippen LogP contribution in [-0.4, -0.2) is 25.9 Å². The first-order valence-corrected chi connectivity index (χ1v) is 9.40. The number of benzene rings is 2. The van der Waals surface area contributed by atoms with Crippen molar-refractivity contribution in [2.75, 3.05) is 5.32 Å². The number of hydrogen-bond donors (Lipinski definition) is 1. The average molecular weight is 417 g/mol. The fraction of sp³-hybridized carbons (Fsp3) is 0.167. The molecule has 1 amide bonds. The molecule has 1 atom stereocenters. The van der Waals surface area contributed by atoms with Crippen molar-refractivity contribution in [3.05, 3.63) is 59.1 Å². The van der Waals surface area contributed by atoms with E-state index in [-0.39, 0.29) is 11.2 Å². The highest BCUT2D eigenvalue weighted by Crippen LogP contribution is 2.26. The molecule has 1 heterocycles. The van der Waals surface area contributed by atoms with Gasteiger partial charge in [-0.25, -0.2) is 0 Å². The van der Waals surface area contributed by atoms with Gasteiger partial charge in [0, 0.05) is 22.8 Å². The number of rotatable bonds is 5. The first kappa shape index (κ1) is 17.7. The Morgan fingerprint density at radius 3 is 2.48 bits per heavy atom. The van der Waals surface area contributed by atoms with Crippen LogP contribution in [0, 0.1) is 0 Å². The Balaban J connectivity index is 1.68. The Labute approximate surface area is 159 Å². The number of anilines is 1. The molecule has 7 heteroatoms. The van der Waals surface area contributed by atoms with Gasteiger partial charge in [-0.1, -0.05) is 58.0 Å². The molecule has 0 saturated heterocycles. The molecule has 3 rings (SSSR count). The lowest BCUT2D eigenvalue weighted by atomic mass is 10.2. The van der Waals surface area contributed by atoms with Crippen LogP contribution < -0.4 is 5.32 Å². The van der Waals surface area contributed by atoms with E-state index in [4.69, 9.17) is 0 Å². The molecule has 0 aliphatic rings. The van der Waals surface area contributed by atoms with Gasteiger partial charge in [-0.05, 0) is 31.2 Å². The first-order valence-electron chi connectivity index (χ1n) is 7.72. The van der Waals surface area contributed by atoms with Crippen molar-refractivity contribution in [2.24, 2.45) is 7.05 Å². The highest BCUT2D eigenvalue weighted by atomic mass is 79.9. The number of nitrogens with zero attached hydrogens (tertiary/aromatic N) is 3. The van der Waals surface area contributed by atoms with Crippen LogP contribution in [0.2, 0.25) is 0 Å². The van der Waals surface area contributed by atoms with Crippen LogP contribution in [0.15, 0.2) is 64.2 Å². The Morgan fingerprint density at radius 1 is 1.12 bits per heavy atom. The summed E-state index contributed by atoms with van der Waals surface area (Å²) in [5, 5.41) is 11.8. The average Bonchev–Trinajstić information content (AvgIpc) is 2.98. The minimum atomic E-state index is -0.296. The lowest BCUT2D eigenvalue weighted by molar-refractivity contribution is -0.115. The fourth-order valence-electron chi connectivity index (χ4n) is 2.24. The Kier molecular flexibility index (Phi) is 5.55. The van der Waals surface area contributed by atoms with E-state index >= 15 is 0 Å². The normalized spacial score (nSPS) is 12.0. The lowest BCUT2D eigenvalue weighted by Crippen LogP contribution is -2.22. The third kappa shape index (κ3) is 4.29. The summed E-state index contributed by atoms with van der Waals surface area (Å²) >= 11 is 4.76. The highest BCUT2D eigenvalue weighted by molar-refractivity contribution is 9.10. The maximum absolute atomic E-state index is 12.4. The van der Waals surface area contributed by atoms with Gasteiger partial charge in [-0.2, -0.15) is 0 Å². The SMILES string of the molecule is CC(Sc1nnc(-c2ccccc2)n1C)C(=O)Nc1ccc(Br)cc1. The maximum Gasteiger partial charge on any atom is 0.237 e. The molecule has 0 aliphatic carbocycles. The number of halogens is 1. The van der Waals surface area contributed by atoms with Crippen LogP contribution in [0.1, 0.15) is 6.92 Å². The van der Waals surface area contributed by atoms with Crippen molar-refractivity contribution in [2.45, 2.75) is 17.3 Å². The van der Waals surface area contributed by atoms with Crippen LogP contribution in [0.25, 0.3) is 11.4 Å². The summed E-state index contributed by atoms with van der Waals surface area (Å²) in [5.74, 6) is 0.709. The summed E-state index contributed by atoms with van der Waals surface area (Å²) in [6, 6.07) is 17.4. The lowest BCUT2D eigenvalue weighted by Gasteiger charge is -2.11. The van der Waals surface area contributed by atoms with E-state index in [0.29, 0.717) is 5.16 Å². The number of carbonyl (C=O) groups is 1. The third-order valence-corrected chi connectivity index (χ3v) is 5.29. The standard InChI is InChI=1S/C18H17BrN4OS/c1-12(17(24)20-15-10-8-14(19)9-11-15)25-18-22-21-16(23(18)2)13-6-4-3-5-7-13/h3-12H,1-2H3,(H,20,24). The van der Waals surface area contributed by atoms with E-state index in [2.05, 4.69) is 31.4 Å². The molecular weight excluding hydrogens is 400 g/mol. The van der Waals surface area contributed by atoms with E-state index < -0.39 is 0 Å². The number of nitrogens with one attached hydrogen (secondary N) is 1. The molecule has 0 fully saturated rings. The Morgan fingerprint density at radius 2 is 1.80 bits per heavy atom.